The predicted octanol–water partition coefficient (Wildman–Crippen LogP) is 4.80. The first-order chi connectivity index (χ1) is 12.0. The molecule has 0 unspecified atom stereocenters. The van der Waals surface area contributed by atoms with Crippen LogP contribution in [0.4, 0.5) is 5.69 Å². The second-order valence-electron chi connectivity index (χ2n) is 7.11. The third kappa shape index (κ3) is 3.42. The normalized spacial score (nSPS) is 11.2. The summed E-state index contributed by atoms with van der Waals surface area (Å²) >= 11 is 0. The van der Waals surface area contributed by atoms with Crippen molar-refractivity contribution in [2.24, 2.45) is 5.73 Å². The first-order valence-corrected chi connectivity index (χ1v) is 9.11. The van der Waals surface area contributed by atoms with Crippen LogP contribution in [0, 0.1) is 13.8 Å². The van der Waals surface area contributed by atoms with Gasteiger partial charge in [-0.25, -0.2) is 0 Å². The molecule has 3 nitrogen and oxygen atoms in total. The fraction of sp³-hybridized carbons (Fsp3) is 0.364. The average Bonchev–Trinajstić information content (AvgIpc) is 2.99. The van der Waals surface area contributed by atoms with Crippen LogP contribution in [0.2, 0.25) is 0 Å². The third-order valence-corrected chi connectivity index (χ3v) is 5.03. The van der Waals surface area contributed by atoms with Gasteiger partial charge in [0.1, 0.15) is 0 Å². The van der Waals surface area contributed by atoms with Gasteiger partial charge in [0.2, 0.25) is 0 Å². The van der Waals surface area contributed by atoms with E-state index in [0.717, 1.165) is 25.8 Å². The Kier molecular flexibility index (Phi) is 5.14. The molecule has 0 amide bonds. The number of anilines is 1. The van der Waals surface area contributed by atoms with Crippen molar-refractivity contribution >= 4 is 16.6 Å². The van der Waals surface area contributed by atoms with Crippen molar-refractivity contribution in [3.05, 3.63) is 53.1 Å². The number of unbranched alkanes of at least 4 members (excludes halogenated alkanes) is 1. The van der Waals surface area contributed by atoms with Gasteiger partial charge < -0.3 is 15.6 Å². The smallest absolute Gasteiger partial charge is 0.0497 e. The molecule has 1 aromatic heterocycles. The van der Waals surface area contributed by atoms with E-state index in [1.165, 1.54) is 44.5 Å². The van der Waals surface area contributed by atoms with Crippen molar-refractivity contribution in [2.45, 2.75) is 33.1 Å². The van der Waals surface area contributed by atoms with Crippen LogP contribution in [0.5, 0.6) is 0 Å². The minimum absolute atomic E-state index is 0.757. The molecule has 0 radical (unpaired) electrons. The molecule has 3 aromatic rings. The van der Waals surface area contributed by atoms with E-state index in [2.05, 4.69) is 74.2 Å². The summed E-state index contributed by atoms with van der Waals surface area (Å²) in [5.74, 6) is 0. The number of aromatic nitrogens is 1. The third-order valence-electron chi connectivity index (χ3n) is 5.03. The van der Waals surface area contributed by atoms with Crippen molar-refractivity contribution in [3.63, 3.8) is 0 Å². The van der Waals surface area contributed by atoms with Crippen LogP contribution in [-0.2, 0) is 6.42 Å². The van der Waals surface area contributed by atoms with E-state index < -0.39 is 0 Å². The fourth-order valence-corrected chi connectivity index (χ4v) is 3.56. The summed E-state index contributed by atoms with van der Waals surface area (Å²) in [4.78, 5) is 5.85. The van der Waals surface area contributed by atoms with Gasteiger partial charge in [0.05, 0.1) is 0 Å². The molecule has 1 heterocycles. The SMILES string of the molecule is Cc1ccc(C)c2c(CCCCN)c(-c3ccc(N(C)C)cc3)[nH]c12. The maximum absolute atomic E-state index is 5.72. The Morgan fingerprint density at radius 2 is 1.60 bits per heavy atom. The predicted molar refractivity (Wildman–Crippen MR) is 110 cm³/mol. The van der Waals surface area contributed by atoms with E-state index in [1.807, 2.05) is 0 Å². The van der Waals surface area contributed by atoms with E-state index in [0.29, 0.717) is 0 Å². The molecule has 132 valence electrons. The van der Waals surface area contributed by atoms with Crippen LogP contribution in [0.15, 0.2) is 36.4 Å². The fourth-order valence-electron chi connectivity index (χ4n) is 3.56. The molecule has 0 aliphatic carbocycles. The van der Waals surface area contributed by atoms with Crippen molar-refractivity contribution in [2.75, 3.05) is 25.5 Å². The van der Waals surface area contributed by atoms with E-state index in [-0.39, 0.29) is 0 Å². The number of benzene rings is 2. The molecule has 0 saturated carbocycles. The highest BCUT2D eigenvalue weighted by Crippen LogP contribution is 2.35. The first-order valence-electron chi connectivity index (χ1n) is 9.11. The average molecular weight is 335 g/mol. The van der Waals surface area contributed by atoms with Gasteiger partial charge in [-0.15, -0.1) is 0 Å². The van der Waals surface area contributed by atoms with E-state index >= 15 is 0 Å². The lowest BCUT2D eigenvalue weighted by molar-refractivity contribution is 0.748. The van der Waals surface area contributed by atoms with Crippen LogP contribution in [-0.4, -0.2) is 25.6 Å². The zero-order chi connectivity index (χ0) is 18.0. The van der Waals surface area contributed by atoms with E-state index in [1.54, 1.807) is 0 Å². The Labute approximate surface area is 150 Å². The highest BCUT2D eigenvalue weighted by molar-refractivity contribution is 5.95. The number of aromatic amines is 1. The highest BCUT2D eigenvalue weighted by Gasteiger charge is 2.16. The van der Waals surface area contributed by atoms with Gasteiger partial charge in [0, 0.05) is 36.4 Å². The second-order valence-corrected chi connectivity index (χ2v) is 7.11. The Hall–Kier alpha value is -2.26. The van der Waals surface area contributed by atoms with Gasteiger partial charge in [0.15, 0.2) is 0 Å². The summed E-state index contributed by atoms with van der Waals surface area (Å²) in [7, 11) is 4.14. The van der Waals surface area contributed by atoms with Crippen molar-refractivity contribution in [3.8, 4) is 11.3 Å². The number of nitrogens with two attached hydrogens (primary N) is 1. The molecule has 0 fully saturated rings. The Balaban J connectivity index is 2.14. The van der Waals surface area contributed by atoms with Gasteiger partial charge in [-0.05, 0) is 74.0 Å². The molecule has 25 heavy (non-hydrogen) atoms. The highest BCUT2D eigenvalue weighted by atomic mass is 15.1. The van der Waals surface area contributed by atoms with Crippen LogP contribution in [0.1, 0.15) is 29.5 Å². The molecule has 3 N–H and O–H groups in total. The monoisotopic (exact) mass is 335 g/mol. The van der Waals surface area contributed by atoms with Crippen LogP contribution in [0.25, 0.3) is 22.2 Å². The number of rotatable bonds is 6. The summed E-state index contributed by atoms with van der Waals surface area (Å²) in [6.07, 6.45) is 3.25. The maximum atomic E-state index is 5.72. The molecule has 0 saturated heterocycles. The Morgan fingerprint density at radius 1 is 0.920 bits per heavy atom. The molecule has 0 aliphatic heterocycles. The number of nitrogens with one attached hydrogen (secondary N) is 1. The maximum Gasteiger partial charge on any atom is 0.0497 e. The summed E-state index contributed by atoms with van der Waals surface area (Å²) in [5, 5.41) is 1.39. The van der Waals surface area contributed by atoms with Gasteiger partial charge in [-0.2, -0.15) is 0 Å². The number of aryl methyl sites for hydroxylation is 3. The number of fused-ring (bicyclic) bond motifs is 1. The van der Waals surface area contributed by atoms with E-state index in [9.17, 15) is 0 Å². The largest absolute Gasteiger partial charge is 0.378 e. The lowest BCUT2D eigenvalue weighted by Gasteiger charge is -2.13. The molecule has 3 heteroatoms. The molecular formula is C22H29N3. The lowest BCUT2D eigenvalue weighted by Crippen LogP contribution is -2.07. The van der Waals surface area contributed by atoms with Crippen LogP contribution in [0.3, 0.4) is 0 Å². The van der Waals surface area contributed by atoms with E-state index in [4.69, 9.17) is 5.73 Å². The first kappa shape index (κ1) is 17.6. The summed E-state index contributed by atoms with van der Waals surface area (Å²) in [6.45, 7) is 5.15. The van der Waals surface area contributed by atoms with Gasteiger partial charge in [-0.3, -0.25) is 0 Å². The summed E-state index contributed by atoms with van der Waals surface area (Å²) in [5.41, 5.74) is 14.8. The number of H-pyrrole nitrogens is 1. The van der Waals surface area contributed by atoms with Crippen LogP contribution >= 0.6 is 0 Å². The van der Waals surface area contributed by atoms with Crippen LogP contribution < -0.4 is 10.6 Å². The Bertz CT molecular complexity index is 857. The molecule has 3 rings (SSSR count). The van der Waals surface area contributed by atoms with Gasteiger partial charge >= 0.3 is 0 Å². The topological polar surface area (TPSA) is 45.0 Å². The number of nitrogens with zero attached hydrogens (tertiary/aromatic N) is 1. The van der Waals surface area contributed by atoms with Crippen molar-refractivity contribution in [1.82, 2.24) is 4.98 Å². The summed E-state index contributed by atoms with van der Waals surface area (Å²) < 4.78 is 0. The molecule has 0 bridgehead atoms. The Morgan fingerprint density at radius 3 is 2.24 bits per heavy atom. The number of hydrogen-bond donors (Lipinski definition) is 2. The van der Waals surface area contributed by atoms with Crippen molar-refractivity contribution < 1.29 is 0 Å². The zero-order valence-electron chi connectivity index (χ0n) is 15.8. The lowest BCUT2D eigenvalue weighted by atomic mass is 9.97. The quantitative estimate of drug-likeness (QED) is 0.636. The second kappa shape index (κ2) is 7.32. The molecule has 2 aromatic carbocycles. The minimum Gasteiger partial charge on any atom is -0.378 e. The molecule has 0 aliphatic rings. The minimum atomic E-state index is 0.757. The standard InChI is InChI=1S/C22H29N3/c1-15-8-9-16(2)21-20(15)19(7-5-6-14-23)22(24-21)17-10-12-18(13-11-17)25(3)4/h8-13,24H,5-7,14,23H2,1-4H3. The molecule has 0 atom stereocenters. The number of hydrogen-bond acceptors (Lipinski definition) is 2. The van der Waals surface area contributed by atoms with Gasteiger partial charge in [0.25, 0.3) is 0 Å². The van der Waals surface area contributed by atoms with Crippen molar-refractivity contribution in [1.29, 1.82) is 0 Å². The molecular weight excluding hydrogens is 306 g/mol. The zero-order valence-corrected chi connectivity index (χ0v) is 15.8. The molecule has 0 spiro atoms. The van der Waals surface area contributed by atoms with Gasteiger partial charge in [-0.1, -0.05) is 24.3 Å². The summed E-state index contributed by atoms with van der Waals surface area (Å²) in [6, 6.07) is 13.2.